The van der Waals surface area contributed by atoms with Gasteiger partial charge in [0.1, 0.15) is 0 Å². The van der Waals surface area contributed by atoms with Crippen molar-refractivity contribution < 1.29 is 23.1 Å². The van der Waals surface area contributed by atoms with Gasteiger partial charge < -0.3 is 15.8 Å². The van der Waals surface area contributed by atoms with E-state index in [1.807, 2.05) is 0 Å². The molecular formula is C20H18ClF3N2O2. The number of benzene rings is 2. The standard InChI is InChI=1S/C20H18ClF3N2O2/c21-15-9-8-14(19(27)28)16-13(3-1-2-10-25)17(26-18(15)16)11-4-6-12(7-5-11)20(22,23)24/h4-9,26H,1-3,10,25H2,(H,27,28). The molecule has 0 radical (unpaired) electrons. The van der Waals surface area contributed by atoms with Crippen LogP contribution in [0.3, 0.4) is 0 Å². The molecule has 0 aliphatic heterocycles. The highest BCUT2D eigenvalue weighted by Crippen LogP contribution is 2.38. The molecule has 0 amide bonds. The lowest BCUT2D eigenvalue weighted by Gasteiger charge is -2.09. The van der Waals surface area contributed by atoms with E-state index in [9.17, 15) is 23.1 Å². The highest BCUT2D eigenvalue weighted by molar-refractivity contribution is 6.36. The third-order valence-electron chi connectivity index (χ3n) is 4.62. The van der Waals surface area contributed by atoms with Crippen LogP contribution >= 0.6 is 11.6 Å². The molecule has 0 atom stereocenters. The van der Waals surface area contributed by atoms with Crippen molar-refractivity contribution in [2.24, 2.45) is 5.73 Å². The number of aromatic carboxylic acids is 1. The highest BCUT2D eigenvalue weighted by atomic mass is 35.5. The van der Waals surface area contributed by atoms with Crippen LogP contribution in [0.15, 0.2) is 36.4 Å². The number of nitrogens with one attached hydrogen (secondary N) is 1. The molecule has 0 spiro atoms. The number of fused-ring (bicyclic) bond motifs is 1. The molecule has 2 aromatic carbocycles. The maximum Gasteiger partial charge on any atom is 0.416 e. The molecule has 3 aromatic rings. The van der Waals surface area contributed by atoms with Crippen molar-refractivity contribution in [3.8, 4) is 11.3 Å². The number of alkyl halides is 3. The Morgan fingerprint density at radius 1 is 1.11 bits per heavy atom. The maximum absolute atomic E-state index is 12.9. The molecule has 148 valence electrons. The summed E-state index contributed by atoms with van der Waals surface area (Å²) in [5.74, 6) is -1.10. The number of aromatic nitrogens is 1. The summed E-state index contributed by atoms with van der Waals surface area (Å²) in [4.78, 5) is 14.8. The van der Waals surface area contributed by atoms with Gasteiger partial charge in [-0.25, -0.2) is 4.79 Å². The minimum absolute atomic E-state index is 0.0940. The Bertz CT molecular complexity index is 1010. The van der Waals surface area contributed by atoms with E-state index in [1.165, 1.54) is 24.3 Å². The molecule has 4 nitrogen and oxygen atoms in total. The normalized spacial score (nSPS) is 11.9. The van der Waals surface area contributed by atoms with Crippen LogP contribution in [0.1, 0.15) is 34.3 Å². The van der Waals surface area contributed by atoms with Crippen LogP contribution in [-0.4, -0.2) is 22.6 Å². The number of unbranched alkanes of at least 4 members (excludes halogenated alkanes) is 1. The second-order valence-corrected chi connectivity index (χ2v) is 6.86. The molecule has 0 saturated heterocycles. The summed E-state index contributed by atoms with van der Waals surface area (Å²) in [6.45, 7) is 0.491. The van der Waals surface area contributed by atoms with Gasteiger partial charge >= 0.3 is 12.1 Å². The molecule has 0 saturated carbocycles. The first-order valence-electron chi connectivity index (χ1n) is 8.68. The summed E-state index contributed by atoms with van der Waals surface area (Å²) >= 11 is 6.26. The van der Waals surface area contributed by atoms with Crippen molar-refractivity contribution in [2.75, 3.05) is 6.54 Å². The monoisotopic (exact) mass is 410 g/mol. The van der Waals surface area contributed by atoms with Crippen LogP contribution in [0, 0.1) is 0 Å². The van der Waals surface area contributed by atoms with Crippen molar-refractivity contribution in [1.82, 2.24) is 4.98 Å². The number of aryl methyl sites for hydroxylation is 1. The maximum atomic E-state index is 12.9. The number of carbonyl (C=O) groups is 1. The van der Waals surface area contributed by atoms with E-state index in [0.29, 0.717) is 52.1 Å². The number of carboxylic acids is 1. The largest absolute Gasteiger partial charge is 0.478 e. The van der Waals surface area contributed by atoms with Crippen LogP contribution < -0.4 is 5.73 Å². The van der Waals surface area contributed by atoms with Gasteiger partial charge in [-0.05, 0) is 61.2 Å². The van der Waals surface area contributed by atoms with Gasteiger partial charge in [0.05, 0.1) is 21.7 Å². The van der Waals surface area contributed by atoms with E-state index in [1.54, 1.807) is 0 Å². The molecule has 4 N–H and O–H groups in total. The summed E-state index contributed by atoms with van der Waals surface area (Å²) in [5, 5.41) is 10.4. The fraction of sp³-hybridized carbons (Fsp3) is 0.250. The van der Waals surface area contributed by atoms with Gasteiger partial charge in [-0.1, -0.05) is 23.7 Å². The summed E-state index contributed by atoms with van der Waals surface area (Å²) in [7, 11) is 0. The third kappa shape index (κ3) is 3.86. The van der Waals surface area contributed by atoms with Gasteiger partial charge in [-0.3, -0.25) is 0 Å². The lowest BCUT2D eigenvalue weighted by atomic mass is 9.97. The Hall–Kier alpha value is -2.51. The Morgan fingerprint density at radius 2 is 1.79 bits per heavy atom. The zero-order chi connectivity index (χ0) is 20.5. The second-order valence-electron chi connectivity index (χ2n) is 6.45. The fourth-order valence-electron chi connectivity index (χ4n) is 3.28. The van der Waals surface area contributed by atoms with Crippen LogP contribution in [0.2, 0.25) is 5.02 Å². The van der Waals surface area contributed by atoms with E-state index in [0.717, 1.165) is 18.6 Å². The first kappa shape index (κ1) is 20.2. The number of hydrogen-bond donors (Lipinski definition) is 3. The molecule has 8 heteroatoms. The molecule has 0 aliphatic rings. The summed E-state index contributed by atoms with van der Waals surface area (Å²) in [5.41, 5.74) is 7.17. The Morgan fingerprint density at radius 3 is 2.36 bits per heavy atom. The van der Waals surface area contributed by atoms with Crippen LogP contribution in [0.25, 0.3) is 22.2 Å². The number of rotatable bonds is 6. The first-order chi connectivity index (χ1) is 13.2. The van der Waals surface area contributed by atoms with Crippen molar-refractivity contribution in [3.05, 3.63) is 58.1 Å². The zero-order valence-corrected chi connectivity index (χ0v) is 15.5. The SMILES string of the molecule is NCCCCc1c(-c2ccc(C(F)(F)F)cc2)[nH]c2c(Cl)ccc(C(=O)O)c12. The molecule has 3 rings (SSSR count). The van der Waals surface area contributed by atoms with Gasteiger partial charge in [0.25, 0.3) is 0 Å². The van der Waals surface area contributed by atoms with Gasteiger partial charge in [0.15, 0.2) is 0 Å². The van der Waals surface area contributed by atoms with Crippen LogP contribution in [0.4, 0.5) is 13.2 Å². The van der Waals surface area contributed by atoms with E-state index in [-0.39, 0.29) is 5.56 Å². The number of carboxylic acid groups (broad SMARTS) is 1. The van der Waals surface area contributed by atoms with Gasteiger partial charge in [-0.2, -0.15) is 13.2 Å². The average Bonchev–Trinajstić information content (AvgIpc) is 3.02. The minimum atomic E-state index is -4.43. The van der Waals surface area contributed by atoms with Crippen molar-refractivity contribution in [3.63, 3.8) is 0 Å². The highest BCUT2D eigenvalue weighted by Gasteiger charge is 2.30. The smallest absolute Gasteiger partial charge is 0.416 e. The van der Waals surface area contributed by atoms with Gasteiger partial charge in [0.2, 0.25) is 0 Å². The lowest BCUT2D eigenvalue weighted by Crippen LogP contribution is -2.04. The Kier molecular flexibility index (Phi) is 5.67. The Labute approximate surface area is 164 Å². The van der Waals surface area contributed by atoms with Crippen molar-refractivity contribution in [1.29, 1.82) is 0 Å². The number of aromatic amines is 1. The molecule has 0 fully saturated rings. The van der Waals surface area contributed by atoms with Crippen LogP contribution in [0.5, 0.6) is 0 Å². The summed E-state index contributed by atoms with van der Waals surface area (Å²) in [6.07, 6.45) is -2.46. The topological polar surface area (TPSA) is 79.1 Å². The fourth-order valence-corrected chi connectivity index (χ4v) is 3.49. The molecule has 28 heavy (non-hydrogen) atoms. The predicted molar refractivity (Wildman–Crippen MR) is 103 cm³/mol. The second kappa shape index (κ2) is 7.85. The number of halogens is 4. The number of nitrogens with two attached hydrogens (primary N) is 1. The summed E-state index contributed by atoms with van der Waals surface area (Å²) < 4.78 is 38.6. The lowest BCUT2D eigenvalue weighted by molar-refractivity contribution is -0.137. The zero-order valence-electron chi connectivity index (χ0n) is 14.7. The molecule has 1 heterocycles. The van der Waals surface area contributed by atoms with E-state index < -0.39 is 17.7 Å². The number of H-pyrrole nitrogens is 1. The molecular weight excluding hydrogens is 393 g/mol. The number of hydrogen-bond acceptors (Lipinski definition) is 2. The van der Waals surface area contributed by atoms with Crippen LogP contribution in [-0.2, 0) is 12.6 Å². The van der Waals surface area contributed by atoms with E-state index in [2.05, 4.69) is 4.98 Å². The van der Waals surface area contributed by atoms with E-state index >= 15 is 0 Å². The average molecular weight is 411 g/mol. The van der Waals surface area contributed by atoms with Gasteiger partial charge in [0, 0.05) is 11.1 Å². The van der Waals surface area contributed by atoms with Crippen molar-refractivity contribution >= 4 is 28.5 Å². The summed E-state index contributed by atoms with van der Waals surface area (Å²) in [6, 6.07) is 7.67. The van der Waals surface area contributed by atoms with Gasteiger partial charge in [-0.15, -0.1) is 0 Å². The predicted octanol–water partition coefficient (Wildman–Crippen LogP) is 5.49. The molecule has 0 bridgehead atoms. The molecule has 0 aliphatic carbocycles. The Balaban J connectivity index is 2.21. The molecule has 0 unspecified atom stereocenters. The third-order valence-corrected chi connectivity index (χ3v) is 4.94. The van der Waals surface area contributed by atoms with Crippen molar-refractivity contribution in [2.45, 2.75) is 25.4 Å². The van der Waals surface area contributed by atoms with E-state index in [4.69, 9.17) is 17.3 Å². The quantitative estimate of drug-likeness (QED) is 0.470. The first-order valence-corrected chi connectivity index (χ1v) is 9.06. The minimum Gasteiger partial charge on any atom is -0.478 e. The molecule has 1 aromatic heterocycles.